The predicted molar refractivity (Wildman–Crippen MR) is 40.7 cm³/mol. The highest BCUT2D eigenvalue weighted by Crippen LogP contribution is 2.45. The summed E-state index contributed by atoms with van der Waals surface area (Å²) in [4.78, 5) is 4.69. The normalized spacial score (nSPS) is 23.1. The summed E-state index contributed by atoms with van der Waals surface area (Å²) in [5.74, 6) is 0. The third-order valence-corrected chi connectivity index (χ3v) is 2.19. The number of aliphatic hydroxyl groups excluding tert-OH is 1. The number of hydrogen-bond donors (Lipinski definition) is 1. The minimum Gasteiger partial charge on any atom is -0.396 e. The maximum atomic E-state index is 10.4. The molecule has 1 saturated carbocycles. The van der Waals surface area contributed by atoms with Crippen molar-refractivity contribution in [3.63, 3.8) is 0 Å². The van der Waals surface area contributed by atoms with Gasteiger partial charge in [-0.25, -0.2) is 4.89 Å². The molecule has 1 N–H and O–H groups in total. The number of hydrogen-bond acceptors (Lipinski definition) is 4. The summed E-state index contributed by atoms with van der Waals surface area (Å²) < 4.78 is 14.9. The Balaban J connectivity index is 2.07. The molecule has 0 spiro atoms. The largest absolute Gasteiger partial charge is 0.396 e. The van der Waals surface area contributed by atoms with E-state index in [4.69, 9.17) is 5.11 Å². The van der Waals surface area contributed by atoms with Crippen LogP contribution in [-0.2, 0) is 14.1 Å². The smallest absolute Gasteiger partial charge is 0.222 e. The zero-order valence-electron chi connectivity index (χ0n) is 6.50. The zero-order chi connectivity index (χ0) is 8.32. The Morgan fingerprint density at radius 2 is 2.27 bits per heavy atom. The number of aliphatic hydroxyl groups is 1. The third kappa shape index (κ3) is 2.91. The van der Waals surface area contributed by atoms with Crippen LogP contribution in [0.2, 0.25) is 0 Å². The van der Waals surface area contributed by atoms with Gasteiger partial charge in [0, 0.05) is 12.1 Å². The topological polar surface area (TPSA) is 55.8 Å². The van der Waals surface area contributed by atoms with Crippen LogP contribution in [0.3, 0.4) is 0 Å². The second kappa shape index (κ2) is 3.68. The standard InChI is InChI=1S/C6H13O4P/c1-11(8)10-9-5-6(4-7)2-3-6/h7,11H,2-5H2,1H3. The molecular formula is C6H13O4P. The lowest BCUT2D eigenvalue weighted by Gasteiger charge is -2.09. The first-order valence-corrected chi connectivity index (χ1v) is 5.41. The second-order valence-electron chi connectivity index (χ2n) is 3.00. The molecule has 1 unspecified atom stereocenters. The van der Waals surface area contributed by atoms with E-state index >= 15 is 0 Å². The molecule has 1 fully saturated rings. The average molecular weight is 180 g/mol. The van der Waals surface area contributed by atoms with Gasteiger partial charge in [-0.2, -0.15) is 4.67 Å². The Bertz CT molecular complexity index is 155. The molecule has 0 bridgehead atoms. The maximum absolute atomic E-state index is 10.4. The second-order valence-corrected chi connectivity index (χ2v) is 4.15. The molecule has 4 nitrogen and oxygen atoms in total. The van der Waals surface area contributed by atoms with Crippen molar-refractivity contribution in [2.45, 2.75) is 12.8 Å². The first kappa shape index (κ1) is 9.20. The molecule has 0 aromatic heterocycles. The van der Waals surface area contributed by atoms with Gasteiger partial charge in [0.25, 0.3) is 0 Å². The van der Waals surface area contributed by atoms with E-state index in [-0.39, 0.29) is 12.0 Å². The Labute approximate surface area is 66.3 Å². The summed E-state index contributed by atoms with van der Waals surface area (Å²) in [6.07, 6.45) is 1.94. The molecule has 0 aromatic rings. The average Bonchev–Trinajstić information content (AvgIpc) is 2.69. The summed E-state index contributed by atoms with van der Waals surface area (Å²) in [7, 11) is -1.99. The van der Waals surface area contributed by atoms with E-state index in [0.717, 1.165) is 12.8 Å². The fraction of sp³-hybridized carbons (Fsp3) is 1.00. The van der Waals surface area contributed by atoms with Crippen molar-refractivity contribution in [2.75, 3.05) is 19.9 Å². The van der Waals surface area contributed by atoms with Gasteiger partial charge in [-0.05, 0) is 12.8 Å². The van der Waals surface area contributed by atoms with Crippen LogP contribution in [0.5, 0.6) is 0 Å². The molecule has 0 saturated heterocycles. The monoisotopic (exact) mass is 180 g/mol. The Morgan fingerprint density at radius 3 is 2.64 bits per heavy atom. The van der Waals surface area contributed by atoms with Crippen LogP contribution in [0.25, 0.3) is 0 Å². The van der Waals surface area contributed by atoms with E-state index in [1.165, 1.54) is 6.66 Å². The molecule has 1 rings (SSSR count). The summed E-state index contributed by atoms with van der Waals surface area (Å²) >= 11 is 0. The van der Waals surface area contributed by atoms with Crippen molar-refractivity contribution in [1.82, 2.24) is 0 Å². The van der Waals surface area contributed by atoms with Gasteiger partial charge in [-0.15, -0.1) is 0 Å². The fourth-order valence-electron chi connectivity index (χ4n) is 0.762. The number of rotatable bonds is 5. The van der Waals surface area contributed by atoms with Crippen LogP contribution in [0.4, 0.5) is 0 Å². The molecule has 1 aliphatic carbocycles. The molecule has 1 aliphatic rings. The Kier molecular flexibility index (Phi) is 3.07. The van der Waals surface area contributed by atoms with E-state index in [9.17, 15) is 4.57 Å². The first-order chi connectivity index (χ1) is 5.18. The quantitative estimate of drug-likeness (QED) is 0.386. The van der Waals surface area contributed by atoms with E-state index in [0.29, 0.717) is 6.61 Å². The minimum atomic E-state index is -1.99. The fourth-order valence-corrected chi connectivity index (χ4v) is 0.987. The van der Waals surface area contributed by atoms with Crippen LogP contribution in [0.15, 0.2) is 0 Å². The zero-order valence-corrected chi connectivity index (χ0v) is 7.50. The summed E-state index contributed by atoms with van der Waals surface area (Å²) in [6, 6.07) is 0. The predicted octanol–water partition coefficient (Wildman–Crippen LogP) is 0.812. The molecule has 0 amide bonds. The van der Waals surface area contributed by atoms with Crippen LogP contribution >= 0.6 is 8.03 Å². The molecule has 5 heteroatoms. The molecule has 0 heterocycles. The van der Waals surface area contributed by atoms with Crippen molar-refractivity contribution in [2.24, 2.45) is 5.41 Å². The first-order valence-electron chi connectivity index (χ1n) is 3.59. The van der Waals surface area contributed by atoms with Crippen molar-refractivity contribution in [3.05, 3.63) is 0 Å². The van der Waals surface area contributed by atoms with Crippen molar-refractivity contribution in [1.29, 1.82) is 0 Å². The van der Waals surface area contributed by atoms with Crippen molar-refractivity contribution < 1.29 is 19.2 Å². The van der Waals surface area contributed by atoms with Gasteiger partial charge in [0.2, 0.25) is 8.03 Å². The van der Waals surface area contributed by atoms with Gasteiger partial charge < -0.3 is 5.11 Å². The Hall–Kier alpha value is 0.110. The van der Waals surface area contributed by atoms with E-state index in [1.54, 1.807) is 0 Å². The molecule has 0 aliphatic heterocycles. The molecule has 0 radical (unpaired) electrons. The molecule has 11 heavy (non-hydrogen) atoms. The van der Waals surface area contributed by atoms with E-state index in [2.05, 4.69) is 9.56 Å². The van der Waals surface area contributed by atoms with E-state index in [1.807, 2.05) is 0 Å². The molecule has 0 aromatic carbocycles. The van der Waals surface area contributed by atoms with E-state index < -0.39 is 8.03 Å². The van der Waals surface area contributed by atoms with Crippen LogP contribution < -0.4 is 0 Å². The van der Waals surface area contributed by atoms with Crippen molar-refractivity contribution in [3.8, 4) is 0 Å². The van der Waals surface area contributed by atoms with Gasteiger partial charge >= 0.3 is 0 Å². The molecular weight excluding hydrogens is 167 g/mol. The SMILES string of the molecule is C[PH](=O)OOCC1(CO)CC1. The highest BCUT2D eigenvalue weighted by atomic mass is 31.1. The summed E-state index contributed by atoms with van der Waals surface area (Å²) in [5, 5.41) is 8.82. The minimum absolute atomic E-state index is 0.0860. The van der Waals surface area contributed by atoms with Crippen LogP contribution in [0.1, 0.15) is 12.8 Å². The van der Waals surface area contributed by atoms with Crippen LogP contribution in [0, 0.1) is 5.41 Å². The highest BCUT2D eigenvalue weighted by Gasteiger charge is 2.42. The van der Waals surface area contributed by atoms with Gasteiger partial charge in [0.1, 0.15) is 0 Å². The van der Waals surface area contributed by atoms with Gasteiger partial charge in [-0.3, -0.25) is 4.57 Å². The summed E-state index contributed by atoms with van der Waals surface area (Å²) in [5.41, 5.74) is -0.0860. The highest BCUT2D eigenvalue weighted by molar-refractivity contribution is 7.37. The van der Waals surface area contributed by atoms with Gasteiger partial charge in [-0.1, -0.05) is 0 Å². The Morgan fingerprint density at radius 1 is 1.64 bits per heavy atom. The third-order valence-electron chi connectivity index (χ3n) is 1.83. The summed E-state index contributed by atoms with van der Waals surface area (Å²) in [6.45, 7) is 1.94. The maximum Gasteiger partial charge on any atom is 0.222 e. The van der Waals surface area contributed by atoms with Gasteiger partial charge in [0.15, 0.2) is 0 Å². The lowest BCUT2D eigenvalue weighted by atomic mass is 10.1. The molecule has 66 valence electrons. The molecule has 1 atom stereocenters. The van der Waals surface area contributed by atoms with Crippen molar-refractivity contribution >= 4 is 8.03 Å². The lowest BCUT2D eigenvalue weighted by Crippen LogP contribution is -2.13. The van der Waals surface area contributed by atoms with Gasteiger partial charge in [0.05, 0.1) is 13.2 Å². The van der Waals surface area contributed by atoms with Crippen LogP contribution in [-0.4, -0.2) is 25.0 Å². The lowest BCUT2D eigenvalue weighted by molar-refractivity contribution is -0.216.